The molecule has 0 spiro atoms. The first-order valence-electron chi connectivity index (χ1n) is 11.2. The highest BCUT2D eigenvalue weighted by Crippen LogP contribution is 2.55. The van der Waals surface area contributed by atoms with Crippen LogP contribution in [0.1, 0.15) is 57.4 Å². The first-order valence-corrected chi connectivity index (χ1v) is 11.2. The van der Waals surface area contributed by atoms with Gasteiger partial charge in [0.1, 0.15) is 6.04 Å². The predicted octanol–water partition coefficient (Wildman–Crippen LogP) is 3.20. The first-order chi connectivity index (χ1) is 13.9. The van der Waals surface area contributed by atoms with Gasteiger partial charge in [0.2, 0.25) is 5.91 Å². The lowest BCUT2D eigenvalue weighted by atomic mass is 9.53. The number of anilines is 2. The number of fused-ring (bicyclic) bond motifs is 1. The van der Waals surface area contributed by atoms with E-state index in [0.29, 0.717) is 0 Å². The maximum Gasteiger partial charge on any atom is 0.321 e. The van der Waals surface area contributed by atoms with E-state index in [1.54, 1.807) is 0 Å². The molecule has 1 heterocycles. The van der Waals surface area contributed by atoms with Crippen LogP contribution in [0, 0.1) is 17.8 Å². The number of urea groups is 1. The van der Waals surface area contributed by atoms with Crippen molar-refractivity contribution in [2.75, 3.05) is 17.2 Å². The van der Waals surface area contributed by atoms with Crippen LogP contribution in [0.25, 0.3) is 0 Å². The summed E-state index contributed by atoms with van der Waals surface area (Å²) in [6.45, 7) is 2.66. The quantitative estimate of drug-likeness (QED) is 0.685. The van der Waals surface area contributed by atoms with E-state index in [9.17, 15) is 9.59 Å². The zero-order valence-corrected chi connectivity index (χ0v) is 17.2. The molecule has 4 aliphatic carbocycles. The molecular weight excluding hydrogens is 364 g/mol. The van der Waals surface area contributed by atoms with Crippen molar-refractivity contribution < 1.29 is 9.59 Å². The molecule has 4 N–H and O–H groups in total. The van der Waals surface area contributed by atoms with Crippen molar-refractivity contribution >= 4 is 23.3 Å². The Balaban J connectivity index is 1.24. The number of hydrogen-bond donors (Lipinski definition) is 3. The standard InChI is InChI=1S/C23H32N4O2/c1-14(27-7-3-4-18-19(24)5-2-6-20(18)27)21(28)25-22(29)26-23-11-15-8-16(12-23)10-17(9-15)13-23/h2,5-6,14-17H,3-4,7-13,24H2,1H3,(H2,25,26,28,29). The third kappa shape index (κ3) is 3.36. The first kappa shape index (κ1) is 18.8. The largest absolute Gasteiger partial charge is 0.398 e. The second-order valence-electron chi connectivity index (χ2n) is 9.96. The molecule has 1 unspecified atom stereocenters. The molecule has 4 fully saturated rings. The van der Waals surface area contributed by atoms with Crippen LogP contribution in [0.2, 0.25) is 0 Å². The van der Waals surface area contributed by atoms with Gasteiger partial charge in [-0.25, -0.2) is 4.79 Å². The van der Waals surface area contributed by atoms with E-state index < -0.39 is 6.04 Å². The molecule has 3 amide bonds. The van der Waals surface area contributed by atoms with Gasteiger partial charge in [0.25, 0.3) is 0 Å². The highest BCUT2D eigenvalue weighted by Gasteiger charge is 2.51. The smallest absolute Gasteiger partial charge is 0.321 e. The molecule has 1 aromatic carbocycles. The lowest BCUT2D eigenvalue weighted by Gasteiger charge is -2.56. The van der Waals surface area contributed by atoms with Crippen LogP contribution < -0.4 is 21.3 Å². The molecule has 1 aliphatic heterocycles. The Morgan fingerprint density at radius 2 is 1.79 bits per heavy atom. The van der Waals surface area contributed by atoms with Crippen molar-refractivity contribution in [2.24, 2.45) is 17.8 Å². The summed E-state index contributed by atoms with van der Waals surface area (Å²) in [6.07, 6.45) is 9.11. The fourth-order valence-corrected chi connectivity index (χ4v) is 6.98. The van der Waals surface area contributed by atoms with Gasteiger partial charge in [0.05, 0.1) is 0 Å². The van der Waals surface area contributed by atoms with Gasteiger partial charge >= 0.3 is 6.03 Å². The van der Waals surface area contributed by atoms with E-state index in [2.05, 4.69) is 15.5 Å². The van der Waals surface area contributed by atoms with E-state index in [0.717, 1.165) is 73.3 Å². The van der Waals surface area contributed by atoms with E-state index in [-0.39, 0.29) is 17.5 Å². The van der Waals surface area contributed by atoms with Gasteiger partial charge in [0.15, 0.2) is 0 Å². The Morgan fingerprint density at radius 1 is 1.14 bits per heavy atom. The second-order valence-corrected chi connectivity index (χ2v) is 9.96. The predicted molar refractivity (Wildman–Crippen MR) is 114 cm³/mol. The van der Waals surface area contributed by atoms with Crippen molar-refractivity contribution in [1.29, 1.82) is 0 Å². The Bertz CT molecular complexity index is 801. The molecule has 6 rings (SSSR count). The average molecular weight is 397 g/mol. The van der Waals surface area contributed by atoms with Crippen molar-refractivity contribution in [3.05, 3.63) is 23.8 Å². The summed E-state index contributed by atoms with van der Waals surface area (Å²) in [6, 6.07) is 5.11. The highest BCUT2D eigenvalue weighted by molar-refractivity contribution is 5.98. The van der Waals surface area contributed by atoms with Gasteiger partial charge in [-0.15, -0.1) is 0 Å². The summed E-state index contributed by atoms with van der Waals surface area (Å²) in [5.41, 5.74) is 8.95. The number of imide groups is 1. The Hall–Kier alpha value is -2.24. The monoisotopic (exact) mass is 396 g/mol. The molecule has 6 heteroatoms. The minimum absolute atomic E-state index is 0.0888. The summed E-state index contributed by atoms with van der Waals surface area (Å²) in [5, 5.41) is 5.87. The average Bonchev–Trinajstić information content (AvgIpc) is 2.65. The third-order valence-corrected chi connectivity index (χ3v) is 7.82. The normalized spacial score (nSPS) is 33.1. The summed E-state index contributed by atoms with van der Waals surface area (Å²) >= 11 is 0. The Kier molecular flexibility index (Phi) is 4.48. The summed E-state index contributed by atoms with van der Waals surface area (Å²) in [7, 11) is 0. The zero-order chi connectivity index (χ0) is 20.2. The van der Waals surface area contributed by atoms with Crippen LogP contribution in [-0.4, -0.2) is 30.1 Å². The summed E-state index contributed by atoms with van der Waals surface area (Å²) < 4.78 is 0. The van der Waals surface area contributed by atoms with Crippen LogP contribution in [-0.2, 0) is 11.2 Å². The lowest BCUT2D eigenvalue weighted by Crippen LogP contribution is -2.62. The van der Waals surface area contributed by atoms with E-state index >= 15 is 0 Å². The van der Waals surface area contributed by atoms with Gasteiger partial charge < -0.3 is 16.0 Å². The van der Waals surface area contributed by atoms with Crippen molar-refractivity contribution in [3.63, 3.8) is 0 Å². The van der Waals surface area contributed by atoms with Gasteiger partial charge in [0, 0.05) is 23.5 Å². The number of carbonyl (C=O) groups is 2. The fourth-order valence-electron chi connectivity index (χ4n) is 6.98. The SMILES string of the molecule is CC(C(=O)NC(=O)NC12CC3CC(CC(C3)C1)C2)N1CCCc2c(N)cccc21. The molecule has 0 aromatic heterocycles. The van der Waals surface area contributed by atoms with Gasteiger partial charge in [-0.2, -0.15) is 0 Å². The number of nitrogens with two attached hydrogens (primary N) is 1. The van der Waals surface area contributed by atoms with Crippen LogP contribution in [0.4, 0.5) is 16.2 Å². The summed E-state index contributed by atoms with van der Waals surface area (Å²) in [5.74, 6) is 2.02. The molecule has 1 atom stereocenters. The van der Waals surface area contributed by atoms with Crippen molar-refractivity contribution in [3.8, 4) is 0 Å². The minimum atomic E-state index is -0.419. The van der Waals surface area contributed by atoms with Crippen LogP contribution in [0.5, 0.6) is 0 Å². The lowest BCUT2D eigenvalue weighted by molar-refractivity contribution is -0.121. The molecular formula is C23H32N4O2. The molecule has 4 bridgehead atoms. The molecule has 29 heavy (non-hydrogen) atoms. The topological polar surface area (TPSA) is 87.5 Å². The zero-order valence-electron chi connectivity index (χ0n) is 17.2. The maximum atomic E-state index is 12.9. The maximum absolute atomic E-state index is 12.9. The number of rotatable bonds is 3. The second kappa shape index (κ2) is 6.92. The van der Waals surface area contributed by atoms with Gasteiger partial charge in [-0.1, -0.05) is 6.07 Å². The number of nitrogen functional groups attached to an aromatic ring is 1. The Labute approximate surface area is 172 Å². The molecule has 0 radical (unpaired) electrons. The molecule has 6 nitrogen and oxygen atoms in total. The van der Waals surface area contributed by atoms with E-state index in [4.69, 9.17) is 5.73 Å². The molecule has 4 saturated carbocycles. The molecule has 0 saturated heterocycles. The minimum Gasteiger partial charge on any atom is -0.398 e. The van der Waals surface area contributed by atoms with Crippen LogP contribution in [0.3, 0.4) is 0 Å². The van der Waals surface area contributed by atoms with E-state index in [1.807, 2.05) is 25.1 Å². The molecule has 156 valence electrons. The van der Waals surface area contributed by atoms with Gasteiger partial charge in [-0.3, -0.25) is 10.1 Å². The molecule has 1 aromatic rings. The number of hydrogen-bond acceptors (Lipinski definition) is 4. The fraction of sp³-hybridized carbons (Fsp3) is 0.652. The third-order valence-electron chi connectivity index (χ3n) is 7.82. The van der Waals surface area contributed by atoms with Crippen molar-refractivity contribution in [2.45, 2.75) is 69.9 Å². The van der Waals surface area contributed by atoms with Crippen molar-refractivity contribution in [1.82, 2.24) is 10.6 Å². The number of benzene rings is 1. The number of nitrogens with one attached hydrogen (secondary N) is 2. The highest BCUT2D eigenvalue weighted by atomic mass is 16.2. The number of carbonyl (C=O) groups excluding carboxylic acids is 2. The Morgan fingerprint density at radius 3 is 2.45 bits per heavy atom. The van der Waals surface area contributed by atoms with Gasteiger partial charge in [-0.05, 0) is 93.7 Å². The van der Waals surface area contributed by atoms with Crippen LogP contribution >= 0.6 is 0 Å². The number of amides is 3. The molecule has 5 aliphatic rings. The number of nitrogens with zero attached hydrogens (tertiary/aromatic N) is 1. The van der Waals surface area contributed by atoms with E-state index in [1.165, 1.54) is 19.3 Å². The van der Waals surface area contributed by atoms with Crippen LogP contribution in [0.15, 0.2) is 18.2 Å². The summed E-state index contributed by atoms with van der Waals surface area (Å²) in [4.78, 5) is 27.7.